The fraction of sp³-hybridized carbons (Fsp3) is 0.267. The number of carbonyl (C=O) groups is 1. The average Bonchev–Trinajstić information content (AvgIpc) is 2.87. The van der Waals surface area contributed by atoms with Gasteiger partial charge in [0.25, 0.3) is 0 Å². The first-order chi connectivity index (χ1) is 9.19. The van der Waals surface area contributed by atoms with Crippen LogP contribution >= 0.6 is 11.3 Å². The van der Waals surface area contributed by atoms with Gasteiger partial charge in [-0.3, -0.25) is 4.79 Å². The monoisotopic (exact) mass is 274 g/mol. The van der Waals surface area contributed by atoms with Crippen molar-refractivity contribution in [3.63, 3.8) is 0 Å². The average molecular weight is 274 g/mol. The maximum absolute atomic E-state index is 11.1. The Bertz CT molecular complexity index is 563. The molecule has 4 heteroatoms. The molecule has 0 unspecified atom stereocenters. The van der Waals surface area contributed by atoms with Gasteiger partial charge in [-0.2, -0.15) is 0 Å². The fourth-order valence-corrected chi connectivity index (χ4v) is 2.80. The second-order valence-electron chi connectivity index (χ2n) is 4.39. The van der Waals surface area contributed by atoms with Crippen molar-refractivity contribution in [2.24, 2.45) is 5.73 Å². The number of aryl methyl sites for hydroxylation is 1. The van der Waals surface area contributed by atoms with Crippen LogP contribution in [0.4, 0.5) is 0 Å². The van der Waals surface area contributed by atoms with Gasteiger partial charge < -0.3 is 11.1 Å². The molecule has 3 N–H and O–H groups in total. The van der Waals surface area contributed by atoms with E-state index in [1.165, 1.54) is 9.75 Å². The lowest BCUT2D eigenvalue weighted by Crippen LogP contribution is -2.14. The minimum Gasteiger partial charge on any atom is -0.366 e. The summed E-state index contributed by atoms with van der Waals surface area (Å²) in [6.45, 7) is 3.75. The van der Waals surface area contributed by atoms with Crippen molar-refractivity contribution in [1.29, 1.82) is 0 Å². The summed E-state index contributed by atoms with van der Waals surface area (Å²) < 4.78 is 0. The number of rotatable bonds is 6. The van der Waals surface area contributed by atoms with Crippen molar-refractivity contribution < 1.29 is 4.79 Å². The predicted octanol–water partition coefficient (Wildman–Crippen LogP) is 2.70. The third kappa shape index (κ3) is 3.91. The summed E-state index contributed by atoms with van der Waals surface area (Å²) in [6.07, 6.45) is 1.09. The largest absolute Gasteiger partial charge is 0.366 e. The molecule has 0 radical (unpaired) electrons. The summed E-state index contributed by atoms with van der Waals surface area (Å²) in [5.74, 6) is -0.382. The quantitative estimate of drug-likeness (QED) is 0.851. The first-order valence-corrected chi connectivity index (χ1v) is 7.17. The minimum absolute atomic E-state index is 0.382. The van der Waals surface area contributed by atoms with Crippen LogP contribution in [0.3, 0.4) is 0 Å². The molecule has 2 aromatic rings. The molecule has 0 saturated carbocycles. The summed E-state index contributed by atoms with van der Waals surface area (Å²) in [6, 6.07) is 11.8. The zero-order chi connectivity index (χ0) is 13.7. The Balaban J connectivity index is 1.88. The highest BCUT2D eigenvalue weighted by molar-refractivity contribution is 7.11. The van der Waals surface area contributed by atoms with Crippen molar-refractivity contribution in [2.75, 3.05) is 0 Å². The molecule has 0 bridgehead atoms. The van der Waals surface area contributed by atoms with E-state index >= 15 is 0 Å². The molecule has 1 amide bonds. The Kier molecular flexibility index (Phi) is 4.71. The molecule has 1 aromatic heterocycles. The molecule has 0 aliphatic rings. The van der Waals surface area contributed by atoms with Crippen LogP contribution in [-0.4, -0.2) is 5.91 Å². The molecule has 19 heavy (non-hydrogen) atoms. The number of nitrogens with one attached hydrogen (secondary N) is 1. The molecule has 0 aliphatic carbocycles. The molecule has 3 nitrogen and oxygen atoms in total. The summed E-state index contributed by atoms with van der Waals surface area (Å²) in [5.41, 5.74) is 6.89. The first kappa shape index (κ1) is 13.8. The Labute approximate surface area is 117 Å². The van der Waals surface area contributed by atoms with Gasteiger partial charge in [0, 0.05) is 28.4 Å². The molecule has 0 spiro atoms. The zero-order valence-electron chi connectivity index (χ0n) is 11.0. The van der Waals surface area contributed by atoms with Crippen molar-refractivity contribution in [1.82, 2.24) is 5.32 Å². The lowest BCUT2D eigenvalue weighted by atomic mass is 10.1. The summed E-state index contributed by atoms with van der Waals surface area (Å²) in [7, 11) is 0. The van der Waals surface area contributed by atoms with Crippen LogP contribution in [0.1, 0.15) is 32.6 Å². The number of amides is 1. The standard InChI is InChI=1S/C15H18N2OS/c1-2-13-6-7-14(19-13)10-17-9-11-4-3-5-12(8-11)15(16)18/h3-8,17H,2,9-10H2,1H3,(H2,16,18). The Morgan fingerprint density at radius 1 is 1.21 bits per heavy atom. The highest BCUT2D eigenvalue weighted by atomic mass is 32.1. The number of carbonyl (C=O) groups excluding carboxylic acids is 1. The first-order valence-electron chi connectivity index (χ1n) is 6.36. The van der Waals surface area contributed by atoms with Gasteiger partial charge >= 0.3 is 0 Å². The van der Waals surface area contributed by atoms with E-state index in [2.05, 4.69) is 24.4 Å². The summed E-state index contributed by atoms with van der Waals surface area (Å²) in [4.78, 5) is 13.8. The molecular weight excluding hydrogens is 256 g/mol. The summed E-state index contributed by atoms with van der Waals surface area (Å²) in [5, 5.41) is 3.38. The number of thiophene rings is 1. The van der Waals surface area contributed by atoms with E-state index in [0.29, 0.717) is 5.56 Å². The van der Waals surface area contributed by atoms with E-state index in [0.717, 1.165) is 25.1 Å². The van der Waals surface area contributed by atoms with Gasteiger partial charge in [0.1, 0.15) is 0 Å². The maximum atomic E-state index is 11.1. The number of nitrogens with two attached hydrogens (primary N) is 1. The van der Waals surface area contributed by atoms with Gasteiger partial charge in [0.05, 0.1) is 0 Å². The highest BCUT2D eigenvalue weighted by Gasteiger charge is 2.02. The maximum Gasteiger partial charge on any atom is 0.248 e. The van der Waals surface area contributed by atoms with Gasteiger partial charge in [-0.25, -0.2) is 0 Å². The van der Waals surface area contributed by atoms with E-state index in [1.54, 1.807) is 6.07 Å². The van der Waals surface area contributed by atoms with Crippen LogP contribution in [-0.2, 0) is 19.5 Å². The lowest BCUT2D eigenvalue weighted by molar-refractivity contribution is 0.1000. The third-order valence-corrected chi connectivity index (χ3v) is 4.14. The third-order valence-electron chi connectivity index (χ3n) is 2.91. The van der Waals surface area contributed by atoms with Gasteiger partial charge in [-0.15, -0.1) is 11.3 Å². The zero-order valence-corrected chi connectivity index (χ0v) is 11.8. The second-order valence-corrected chi connectivity index (χ2v) is 5.64. The van der Waals surface area contributed by atoms with Crippen LogP contribution in [0.25, 0.3) is 0 Å². The van der Waals surface area contributed by atoms with Crippen LogP contribution in [0.2, 0.25) is 0 Å². The van der Waals surface area contributed by atoms with Crippen LogP contribution in [0.5, 0.6) is 0 Å². The molecule has 0 aliphatic heterocycles. The number of hydrogen-bond donors (Lipinski definition) is 2. The SMILES string of the molecule is CCc1ccc(CNCc2cccc(C(N)=O)c2)s1. The smallest absolute Gasteiger partial charge is 0.248 e. The summed E-state index contributed by atoms with van der Waals surface area (Å²) >= 11 is 1.84. The molecule has 1 heterocycles. The minimum atomic E-state index is -0.382. The number of benzene rings is 1. The van der Waals surface area contributed by atoms with Crippen molar-refractivity contribution in [3.8, 4) is 0 Å². The van der Waals surface area contributed by atoms with Crippen molar-refractivity contribution in [3.05, 3.63) is 57.3 Å². The van der Waals surface area contributed by atoms with Crippen LogP contribution < -0.4 is 11.1 Å². The number of hydrogen-bond acceptors (Lipinski definition) is 3. The topological polar surface area (TPSA) is 55.1 Å². The van der Waals surface area contributed by atoms with E-state index in [1.807, 2.05) is 29.5 Å². The molecule has 2 rings (SSSR count). The molecular formula is C15H18N2OS. The predicted molar refractivity (Wildman–Crippen MR) is 79.2 cm³/mol. The van der Waals surface area contributed by atoms with Gasteiger partial charge in [-0.05, 0) is 36.2 Å². The Morgan fingerprint density at radius 2 is 2.00 bits per heavy atom. The molecule has 1 aromatic carbocycles. The van der Waals surface area contributed by atoms with Crippen LogP contribution in [0, 0.1) is 0 Å². The van der Waals surface area contributed by atoms with Gasteiger partial charge in [0.15, 0.2) is 0 Å². The highest BCUT2D eigenvalue weighted by Crippen LogP contribution is 2.16. The van der Waals surface area contributed by atoms with Crippen molar-refractivity contribution in [2.45, 2.75) is 26.4 Å². The normalized spacial score (nSPS) is 10.6. The second kappa shape index (κ2) is 6.50. The fourth-order valence-electron chi connectivity index (χ4n) is 1.87. The molecule has 0 atom stereocenters. The van der Waals surface area contributed by atoms with Gasteiger partial charge in [-0.1, -0.05) is 19.1 Å². The van der Waals surface area contributed by atoms with E-state index in [-0.39, 0.29) is 5.91 Å². The molecule has 100 valence electrons. The van der Waals surface area contributed by atoms with Crippen molar-refractivity contribution >= 4 is 17.2 Å². The number of primary amides is 1. The Morgan fingerprint density at radius 3 is 2.68 bits per heavy atom. The lowest BCUT2D eigenvalue weighted by Gasteiger charge is -2.04. The van der Waals surface area contributed by atoms with E-state index in [9.17, 15) is 4.79 Å². The van der Waals surface area contributed by atoms with Crippen LogP contribution in [0.15, 0.2) is 36.4 Å². The molecule has 0 fully saturated rings. The van der Waals surface area contributed by atoms with E-state index in [4.69, 9.17) is 5.73 Å². The molecule has 0 saturated heterocycles. The Hall–Kier alpha value is -1.65. The van der Waals surface area contributed by atoms with Gasteiger partial charge in [0.2, 0.25) is 5.91 Å². The van der Waals surface area contributed by atoms with E-state index < -0.39 is 0 Å².